The normalized spacial score (nSPS) is 26.6. The van der Waals surface area contributed by atoms with Crippen LogP contribution in [0, 0.1) is 5.92 Å². The van der Waals surface area contributed by atoms with E-state index in [1.807, 2.05) is 0 Å². The number of hydrogen-bond acceptors (Lipinski definition) is 2. The molecule has 112 valence electrons. The maximum atomic E-state index is 3.77. The smallest absolute Gasteiger partial charge is 0.0251 e. The summed E-state index contributed by atoms with van der Waals surface area (Å²) >= 11 is 5.64. The van der Waals surface area contributed by atoms with Gasteiger partial charge in [0, 0.05) is 20.7 Å². The first-order valence-corrected chi connectivity index (χ1v) is 9.55. The molecule has 0 heterocycles. The summed E-state index contributed by atoms with van der Waals surface area (Å²) < 4.78 is 1.18. The van der Waals surface area contributed by atoms with Crippen molar-refractivity contribution in [2.75, 3.05) is 6.54 Å². The van der Waals surface area contributed by atoms with Crippen molar-refractivity contribution in [1.82, 2.24) is 5.32 Å². The molecule has 0 radical (unpaired) electrons. The fourth-order valence-electron chi connectivity index (χ4n) is 2.99. The van der Waals surface area contributed by atoms with Crippen molar-refractivity contribution in [2.24, 2.45) is 5.92 Å². The molecule has 2 rings (SSSR count). The van der Waals surface area contributed by atoms with Gasteiger partial charge in [0.15, 0.2) is 0 Å². The number of nitrogens with one attached hydrogen (secondary N) is 1. The van der Waals surface area contributed by atoms with Gasteiger partial charge in [-0.3, -0.25) is 0 Å². The molecule has 1 aliphatic carbocycles. The van der Waals surface area contributed by atoms with E-state index in [4.69, 9.17) is 0 Å². The third kappa shape index (κ3) is 4.78. The number of thioether (sulfide) groups is 1. The van der Waals surface area contributed by atoms with Gasteiger partial charge in [0.25, 0.3) is 0 Å². The molecule has 3 unspecified atom stereocenters. The Morgan fingerprint density at radius 2 is 2.15 bits per heavy atom. The molecule has 1 N–H and O–H groups in total. The van der Waals surface area contributed by atoms with Crippen LogP contribution in [0.1, 0.15) is 46.0 Å². The molecule has 0 amide bonds. The third-order valence-corrected chi connectivity index (χ3v) is 6.06. The maximum Gasteiger partial charge on any atom is 0.0251 e. The summed E-state index contributed by atoms with van der Waals surface area (Å²) in [5.74, 6) is 0.916. The van der Waals surface area contributed by atoms with E-state index in [0.717, 1.165) is 17.7 Å². The average molecular weight is 356 g/mol. The minimum Gasteiger partial charge on any atom is -0.313 e. The van der Waals surface area contributed by atoms with Crippen LogP contribution in [0.2, 0.25) is 0 Å². The molecule has 0 saturated heterocycles. The second-order valence-electron chi connectivity index (χ2n) is 5.76. The van der Waals surface area contributed by atoms with Crippen LogP contribution in [-0.2, 0) is 0 Å². The second kappa shape index (κ2) is 8.45. The second-order valence-corrected chi connectivity index (χ2v) is 7.99. The van der Waals surface area contributed by atoms with E-state index in [-0.39, 0.29) is 0 Å². The Kier molecular flexibility index (Phi) is 6.92. The first-order chi connectivity index (χ1) is 9.72. The topological polar surface area (TPSA) is 12.0 Å². The zero-order chi connectivity index (χ0) is 14.4. The first kappa shape index (κ1) is 16.4. The molecule has 1 saturated carbocycles. The van der Waals surface area contributed by atoms with Crippen LogP contribution in [0.25, 0.3) is 0 Å². The molecule has 1 nitrogen and oxygen atoms in total. The quantitative estimate of drug-likeness (QED) is 0.723. The molecular formula is C17H26BrNS. The summed E-state index contributed by atoms with van der Waals surface area (Å²) in [6, 6.07) is 9.41. The molecule has 1 aromatic rings. The third-order valence-electron chi connectivity index (χ3n) is 4.22. The lowest BCUT2D eigenvalue weighted by molar-refractivity contribution is 0.295. The molecule has 0 aromatic heterocycles. The zero-order valence-electron chi connectivity index (χ0n) is 12.6. The van der Waals surface area contributed by atoms with Gasteiger partial charge in [-0.25, -0.2) is 0 Å². The van der Waals surface area contributed by atoms with E-state index in [0.29, 0.717) is 6.04 Å². The Bertz CT molecular complexity index is 410. The van der Waals surface area contributed by atoms with Crippen molar-refractivity contribution in [3.8, 4) is 0 Å². The summed E-state index contributed by atoms with van der Waals surface area (Å²) in [4.78, 5) is 1.39. The van der Waals surface area contributed by atoms with Crippen LogP contribution in [0.4, 0.5) is 0 Å². The van der Waals surface area contributed by atoms with E-state index >= 15 is 0 Å². The summed E-state index contributed by atoms with van der Waals surface area (Å²) in [7, 11) is 0. The van der Waals surface area contributed by atoms with Gasteiger partial charge in [-0.15, -0.1) is 11.8 Å². The van der Waals surface area contributed by atoms with E-state index in [1.165, 1.54) is 41.5 Å². The summed E-state index contributed by atoms with van der Waals surface area (Å²) in [5, 5.41) is 4.49. The molecular weight excluding hydrogens is 330 g/mol. The van der Waals surface area contributed by atoms with E-state index in [2.05, 4.69) is 71.1 Å². The van der Waals surface area contributed by atoms with Crippen LogP contribution in [0.3, 0.4) is 0 Å². The summed E-state index contributed by atoms with van der Waals surface area (Å²) in [5.41, 5.74) is 0. The van der Waals surface area contributed by atoms with Crippen molar-refractivity contribution < 1.29 is 0 Å². The average Bonchev–Trinajstić information content (AvgIpc) is 2.46. The van der Waals surface area contributed by atoms with Crippen molar-refractivity contribution in [3.63, 3.8) is 0 Å². The first-order valence-electron chi connectivity index (χ1n) is 7.88. The van der Waals surface area contributed by atoms with Gasteiger partial charge in [-0.1, -0.05) is 42.3 Å². The number of benzene rings is 1. The van der Waals surface area contributed by atoms with E-state index in [9.17, 15) is 0 Å². The fourth-order valence-corrected chi connectivity index (χ4v) is 5.01. The van der Waals surface area contributed by atoms with Gasteiger partial charge >= 0.3 is 0 Å². The molecule has 1 fully saturated rings. The van der Waals surface area contributed by atoms with Crippen LogP contribution in [0.15, 0.2) is 33.6 Å². The van der Waals surface area contributed by atoms with Gasteiger partial charge < -0.3 is 5.32 Å². The maximum absolute atomic E-state index is 3.77. The van der Waals surface area contributed by atoms with E-state index < -0.39 is 0 Å². The highest BCUT2D eigenvalue weighted by Crippen LogP contribution is 2.38. The molecule has 3 atom stereocenters. The van der Waals surface area contributed by atoms with Crippen molar-refractivity contribution >= 4 is 27.7 Å². The summed E-state index contributed by atoms with van der Waals surface area (Å²) in [6.45, 7) is 5.74. The fraction of sp³-hybridized carbons (Fsp3) is 0.647. The van der Waals surface area contributed by atoms with Crippen LogP contribution in [-0.4, -0.2) is 17.8 Å². The zero-order valence-corrected chi connectivity index (χ0v) is 15.0. The minimum absolute atomic E-state index is 0.682. The Hall–Kier alpha value is 0.01000. The SMILES string of the molecule is CCCNC1CCC(CC)CC1Sc1cccc(Br)c1. The standard InChI is InChI=1S/C17H26BrNS/c1-3-10-19-16-9-8-13(4-2)11-17(16)20-15-7-5-6-14(18)12-15/h5-7,12-13,16-17,19H,3-4,8-11H2,1-2H3. The lowest BCUT2D eigenvalue weighted by Gasteiger charge is -2.36. The lowest BCUT2D eigenvalue weighted by atomic mass is 9.84. The van der Waals surface area contributed by atoms with Gasteiger partial charge in [0.2, 0.25) is 0 Å². The summed E-state index contributed by atoms with van der Waals surface area (Å²) in [6.07, 6.45) is 6.64. The van der Waals surface area contributed by atoms with E-state index in [1.54, 1.807) is 0 Å². The molecule has 0 bridgehead atoms. The molecule has 0 aliphatic heterocycles. The number of halogens is 1. The van der Waals surface area contributed by atoms with Crippen molar-refractivity contribution in [1.29, 1.82) is 0 Å². The number of rotatable bonds is 6. The highest BCUT2D eigenvalue weighted by atomic mass is 79.9. The van der Waals surface area contributed by atoms with Gasteiger partial charge in [-0.05, 0) is 56.3 Å². The largest absolute Gasteiger partial charge is 0.313 e. The molecule has 1 aliphatic rings. The predicted molar refractivity (Wildman–Crippen MR) is 93.5 cm³/mol. The minimum atomic E-state index is 0.682. The molecule has 1 aromatic carbocycles. The van der Waals surface area contributed by atoms with Gasteiger partial charge in [0.05, 0.1) is 0 Å². The Morgan fingerprint density at radius 1 is 1.30 bits per heavy atom. The lowest BCUT2D eigenvalue weighted by Crippen LogP contribution is -2.42. The highest BCUT2D eigenvalue weighted by molar-refractivity contribution is 9.10. The Labute approximate surface area is 136 Å². The predicted octanol–water partition coefficient (Wildman–Crippen LogP) is 5.49. The van der Waals surface area contributed by atoms with Crippen LogP contribution in [0.5, 0.6) is 0 Å². The highest BCUT2D eigenvalue weighted by Gasteiger charge is 2.30. The molecule has 0 spiro atoms. The monoisotopic (exact) mass is 355 g/mol. The Balaban J connectivity index is 2.02. The Morgan fingerprint density at radius 3 is 2.85 bits per heavy atom. The van der Waals surface area contributed by atoms with Gasteiger partial charge in [0.1, 0.15) is 0 Å². The van der Waals surface area contributed by atoms with Gasteiger partial charge in [-0.2, -0.15) is 0 Å². The molecule has 20 heavy (non-hydrogen) atoms. The number of hydrogen-bond donors (Lipinski definition) is 1. The molecule has 3 heteroatoms. The van der Waals surface area contributed by atoms with Crippen LogP contribution < -0.4 is 5.32 Å². The van der Waals surface area contributed by atoms with Crippen molar-refractivity contribution in [2.45, 2.75) is 62.1 Å². The van der Waals surface area contributed by atoms with Crippen molar-refractivity contribution in [3.05, 3.63) is 28.7 Å². The van der Waals surface area contributed by atoms with Crippen LogP contribution >= 0.6 is 27.7 Å².